The van der Waals surface area contributed by atoms with E-state index in [1.807, 2.05) is 12.5 Å². The van der Waals surface area contributed by atoms with Crippen molar-refractivity contribution in [3.63, 3.8) is 0 Å². The zero-order valence-corrected chi connectivity index (χ0v) is 10.8. The SMILES string of the molecule is NCC(c1cncn1C1CC1)N1CC2CCC1C2. The number of rotatable bonds is 4. The van der Waals surface area contributed by atoms with Crippen LogP contribution in [0.5, 0.6) is 0 Å². The molecule has 0 radical (unpaired) electrons. The maximum absolute atomic E-state index is 6.08. The van der Waals surface area contributed by atoms with Gasteiger partial charge in [0.2, 0.25) is 0 Å². The average molecular weight is 246 g/mol. The third kappa shape index (κ3) is 1.62. The zero-order chi connectivity index (χ0) is 12.1. The molecule has 4 rings (SSSR count). The summed E-state index contributed by atoms with van der Waals surface area (Å²) in [6.45, 7) is 1.98. The predicted octanol–water partition coefficient (Wildman–Crippen LogP) is 1.70. The molecule has 3 atom stereocenters. The number of imidazole rings is 1. The first kappa shape index (κ1) is 11.0. The van der Waals surface area contributed by atoms with Crippen molar-refractivity contribution in [2.24, 2.45) is 11.7 Å². The summed E-state index contributed by atoms with van der Waals surface area (Å²) in [7, 11) is 0. The van der Waals surface area contributed by atoms with E-state index in [9.17, 15) is 0 Å². The van der Waals surface area contributed by atoms with Crippen LogP contribution in [-0.2, 0) is 0 Å². The smallest absolute Gasteiger partial charge is 0.0951 e. The molecule has 3 unspecified atom stereocenters. The summed E-state index contributed by atoms with van der Waals surface area (Å²) in [5, 5.41) is 0. The van der Waals surface area contributed by atoms with E-state index < -0.39 is 0 Å². The lowest BCUT2D eigenvalue weighted by atomic mass is 10.1. The Hall–Kier alpha value is -0.870. The number of piperidine rings is 1. The van der Waals surface area contributed by atoms with Gasteiger partial charge in [0, 0.05) is 31.4 Å². The number of nitrogens with two attached hydrogens (primary N) is 1. The van der Waals surface area contributed by atoms with Gasteiger partial charge in [-0.2, -0.15) is 0 Å². The summed E-state index contributed by atoms with van der Waals surface area (Å²) >= 11 is 0. The van der Waals surface area contributed by atoms with Crippen LogP contribution in [-0.4, -0.2) is 33.6 Å². The average Bonchev–Trinajstić information content (AvgIpc) is 2.82. The van der Waals surface area contributed by atoms with E-state index in [0.717, 1.165) is 18.5 Å². The molecule has 1 aromatic rings. The van der Waals surface area contributed by atoms with E-state index in [1.165, 1.54) is 44.3 Å². The van der Waals surface area contributed by atoms with Crippen molar-refractivity contribution >= 4 is 0 Å². The van der Waals surface area contributed by atoms with Gasteiger partial charge in [-0.3, -0.25) is 4.90 Å². The molecule has 0 spiro atoms. The van der Waals surface area contributed by atoms with Crippen LogP contribution in [0.2, 0.25) is 0 Å². The number of hydrogen-bond acceptors (Lipinski definition) is 3. The van der Waals surface area contributed by atoms with Crippen molar-refractivity contribution in [1.82, 2.24) is 14.5 Å². The number of likely N-dealkylation sites (tertiary alicyclic amines) is 1. The molecule has 2 heterocycles. The molecule has 18 heavy (non-hydrogen) atoms. The van der Waals surface area contributed by atoms with Crippen molar-refractivity contribution in [3.05, 3.63) is 18.2 Å². The lowest BCUT2D eigenvalue weighted by molar-refractivity contribution is 0.147. The highest BCUT2D eigenvalue weighted by Crippen LogP contribution is 2.43. The first-order chi connectivity index (χ1) is 8.86. The minimum Gasteiger partial charge on any atom is -0.330 e. The van der Waals surface area contributed by atoms with Gasteiger partial charge in [0.1, 0.15) is 0 Å². The van der Waals surface area contributed by atoms with Gasteiger partial charge in [-0.15, -0.1) is 0 Å². The molecule has 4 nitrogen and oxygen atoms in total. The zero-order valence-electron chi connectivity index (χ0n) is 10.8. The molecule has 0 aromatic carbocycles. The molecule has 2 aliphatic carbocycles. The molecular weight excluding hydrogens is 224 g/mol. The Kier molecular flexibility index (Phi) is 2.49. The third-order valence-corrected chi connectivity index (χ3v) is 5.05. The first-order valence-corrected chi connectivity index (χ1v) is 7.34. The molecule has 1 aliphatic heterocycles. The van der Waals surface area contributed by atoms with Crippen LogP contribution in [0, 0.1) is 5.92 Å². The van der Waals surface area contributed by atoms with Crippen LogP contribution < -0.4 is 5.73 Å². The number of fused-ring (bicyclic) bond motifs is 2. The molecule has 3 fully saturated rings. The van der Waals surface area contributed by atoms with E-state index in [4.69, 9.17) is 5.73 Å². The number of aromatic nitrogens is 2. The second kappa shape index (κ2) is 4.07. The molecular formula is C14H22N4. The number of nitrogens with zero attached hydrogens (tertiary/aromatic N) is 3. The third-order valence-electron chi connectivity index (χ3n) is 5.05. The van der Waals surface area contributed by atoms with Crippen molar-refractivity contribution in [2.45, 2.75) is 50.2 Å². The largest absolute Gasteiger partial charge is 0.330 e. The van der Waals surface area contributed by atoms with Gasteiger partial charge in [0.15, 0.2) is 0 Å². The van der Waals surface area contributed by atoms with Crippen LogP contribution >= 0.6 is 0 Å². The predicted molar refractivity (Wildman–Crippen MR) is 70.1 cm³/mol. The van der Waals surface area contributed by atoms with Crippen LogP contribution in [0.3, 0.4) is 0 Å². The van der Waals surface area contributed by atoms with Crippen LogP contribution in [0.15, 0.2) is 12.5 Å². The van der Waals surface area contributed by atoms with E-state index in [0.29, 0.717) is 12.1 Å². The van der Waals surface area contributed by atoms with Gasteiger partial charge < -0.3 is 10.3 Å². The Bertz CT molecular complexity index is 437. The normalized spacial score (nSPS) is 33.2. The molecule has 1 aromatic heterocycles. The molecule has 2 bridgehead atoms. The summed E-state index contributed by atoms with van der Waals surface area (Å²) in [6, 6.07) is 1.88. The van der Waals surface area contributed by atoms with Crippen molar-refractivity contribution in [3.8, 4) is 0 Å². The highest BCUT2D eigenvalue weighted by atomic mass is 15.3. The maximum atomic E-state index is 6.08. The van der Waals surface area contributed by atoms with Crippen molar-refractivity contribution in [2.75, 3.05) is 13.1 Å². The summed E-state index contributed by atoms with van der Waals surface area (Å²) in [4.78, 5) is 7.02. The molecule has 2 saturated carbocycles. The molecule has 1 saturated heterocycles. The second-order valence-electron chi connectivity index (χ2n) is 6.24. The fourth-order valence-electron chi connectivity index (χ4n) is 4.00. The minimum atomic E-state index is 0.392. The summed E-state index contributed by atoms with van der Waals surface area (Å²) < 4.78 is 2.38. The Balaban J connectivity index is 1.62. The fraction of sp³-hybridized carbons (Fsp3) is 0.786. The molecule has 2 N–H and O–H groups in total. The molecule has 4 heteroatoms. The van der Waals surface area contributed by atoms with Gasteiger partial charge in [-0.1, -0.05) is 0 Å². The lowest BCUT2D eigenvalue weighted by Gasteiger charge is -2.34. The maximum Gasteiger partial charge on any atom is 0.0951 e. The minimum absolute atomic E-state index is 0.392. The van der Waals surface area contributed by atoms with Crippen molar-refractivity contribution < 1.29 is 0 Å². The summed E-state index contributed by atoms with van der Waals surface area (Å²) in [6.07, 6.45) is 10.9. The summed E-state index contributed by atoms with van der Waals surface area (Å²) in [5.74, 6) is 0.932. The number of hydrogen-bond donors (Lipinski definition) is 1. The van der Waals surface area contributed by atoms with Crippen LogP contribution in [0.25, 0.3) is 0 Å². The van der Waals surface area contributed by atoms with Crippen LogP contribution in [0.1, 0.15) is 49.9 Å². The quantitative estimate of drug-likeness (QED) is 0.879. The Morgan fingerprint density at radius 2 is 2.11 bits per heavy atom. The fourth-order valence-corrected chi connectivity index (χ4v) is 4.00. The Morgan fingerprint density at radius 3 is 2.72 bits per heavy atom. The lowest BCUT2D eigenvalue weighted by Crippen LogP contribution is -2.40. The molecule has 0 amide bonds. The van der Waals surface area contributed by atoms with Gasteiger partial charge in [-0.25, -0.2) is 4.98 Å². The van der Waals surface area contributed by atoms with Gasteiger partial charge in [-0.05, 0) is 38.0 Å². The van der Waals surface area contributed by atoms with Gasteiger partial charge >= 0.3 is 0 Å². The van der Waals surface area contributed by atoms with Crippen molar-refractivity contribution in [1.29, 1.82) is 0 Å². The van der Waals surface area contributed by atoms with Gasteiger partial charge in [0.05, 0.1) is 18.1 Å². The van der Waals surface area contributed by atoms with E-state index in [2.05, 4.69) is 14.5 Å². The topological polar surface area (TPSA) is 47.1 Å². The van der Waals surface area contributed by atoms with E-state index in [1.54, 1.807) is 0 Å². The van der Waals surface area contributed by atoms with Gasteiger partial charge in [0.25, 0.3) is 0 Å². The first-order valence-electron chi connectivity index (χ1n) is 7.34. The highest BCUT2D eigenvalue weighted by Gasteiger charge is 2.42. The second-order valence-corrected chi connectivity index (χ2v) is 6.24. The molecule has 98 valence electrons. The van der Waals surface area contributed by atoms with E-state index in [-0.39, 0.29) is 0 Å². The Labute approximate surface area is 108 Å². The monoisotopic (exact) mass is 246 g/mol. The summed E-state index contributed by atoms with van der Waals surface area (Å²) in [5.41, 5.74) is 7.44. The standard InChI is InChI=1S/C14H22N4/c15-6-13(17-8-10-1-2-12(17)5-10)14-7-16-9-18(14)11-3-4-11/h7,9-13H,1-6,8,15H2. The molecule has 3 aliphatic rings. The highest BCUT2D eigenvalue weighted by molar-refractivity contribution is 5.12. The Morgan fingerprint density at radius 1 is 1.28 bits per heavy atom. The van der Waals surface area contributed by atoms with E-state index >= 15 is 0 Å². The van der Waals surface area contributed by atoms with Crippen LogP contribution in [0.4, 0.5) is 0 Å².